The predicted molar refractivity (Wildman–Crippen MR) is 60.6 cm³/mol. The molecule has 15 heavy (non-hydrogen) atoms. The second kappa shape index (κ2) is 4.13. The van der Waals surface area contributed by atoms with Gasteiger partial charge in [-0.1, -0.05) is 0 Å². The van der Waals surface area contributed by atoms with Crippen LogP contribution in [-0.2, 0) is 0 Å². The Morgan fingerprint density at radius 3 is 2.60 bits per heavy atom. The van der Waals surface area contributed by atoms with Gasteiger partial charge in [-0.15, -0.1) is 10.2 Å². The van der Waals surface area contributed by atoms with Crippen molar-refractivity contribution < 1.29 is 0 Å². The number of nitrogens with one attached hydrogen (secondary N) is 2. The second-order valence-corrected chi connectivity index (χ2v) is 3.70. The number of aromatic amines is 1. The number of aromatic nitrogens is 3. The second-order valence-electron chi connectivity index (χ2n) is 3.70. The van der Waals surface area contributed by atoms with Crippen molar-refractivity contribution in [1.82, 2.24) is 15.2 Å². The molecule has 78 valence electrons. The average molecular weight is 202 g/mol. The summed E-state index contributed by atoms with van der Waals surface area (Å²) in [4.78, 5) is 2.99. The normalized spacial score (nSPS) is 10.6. The molecule has 0 atom stereocenters. The van der Waals surface area contributed by atoms with Crippen molar-refractivity contribution in [3.05, 3.63) is 30.6 Å². The van der Waals surface area contributed by atoms with E-state index >= 15 is 0 Å². The lowest BCUT2D eigenvalue weighted by molar-refractivity contribution is 0.874. The summed E-state index contributed by atoms with van der Waals surface area (Å²) in [6, 6.07) is 6.24. The van der Waals surface area contributed by atoms with E-state index in [4.69, 9.17) is 0 Å². The van der Waals surface area contributed by atoms with Gasteiger partial charge in [0, 0.05) is 24.0 Å². The molecule has 0 amide bonds. The van der Waals surface area contributed by atoms with Gasteiger partial charge in [0.15, 0.2) is 0 Å². The smallest absolute Gasteiger partial charge is 0.148 e. The van der Waals surface area contributed by atoms with Gasteiger partial charge in [-0.05, 0) is 32.0 Å². The molecule has 2 aromatic heterocycles. The Morgan fingerprint density at radius 1 is 1.20 bits per heavy atom. The third-order valence-corrected chi connectivity index (χ3v) is 1.99. The van der Waals surface area contributed by atoms with E-state index in [1.54, 1.807) is 0 Å². The highest BCUT2D eigenvalue weighted by atomic mass is 15.2. The molecule has 2 heterocycles. The lowest BCUT2D eigenvalue weighted by Gasteiger charge is -2.07. The van der Waals surface area contributed by atoms with Crippen molar-refractivity contribution in [2.24, 2.45) is 0 Å². The first-order chi connectivity index (χ1) is 7.25. The molecule has 0 saturated carbocycles. The number of H-pyrrole nitrogens is 1. The summed E-state index contributed by atoms with van der Waals surface area (Å²) in [6.07, 6.45) is 3.77. The Labute approximate surface area is 88.8 Å². The summed E-state index contributed by atoms with van der Waals surface area (Å²) in [5.41, 5.74) is 1.93. The van der Waals surface area contributed by atoms with Crippen LogP contribution in [0, 0.1) is 0 Å². The Hall–Kier alpha value is -1.84. The van der Waals surface area contributed by atoms with Crippen LogP contribution in [0.1, 0.15) is 13.8 Å². The number of hydrogen-bond donors (Lipinski definition) is 2. The van der Waals surface area contributed by atoms with Crippen molar-refractivity contribution in [1.29, 1.82) is 0 Å². The number of nitrogens with zero attached hydrogens (tertiary/aromatic N) is 2. The van der Waals surface area contributed by atoms with E-state index < -0.39 is 0 Å². The van der Waals surface area contributed by atoms with Crippen LogP contribution < -0.4 is 5.32 Å². The molecule has 4 heteroatoms. The van der Waals surface area contributed by atoms with Gasteiger partial charge >= 0.3 is 0 Å². The fraction of sp³-hybridized carbons (Fsp3) is 0.273. The number of rotatable bonds is 3. The zero-order valence-electron chi connectivity index (χ0n) is 8.86. The van der Waals surface area contributed by atoms with E-state index in [1.807, 2.05) is 30.6 Å². The minimum atomic E-state index is 0.373. The summed E-state index contributed by atoms with van der Waals surface area (Å²) >= 11 is 0. The molecule has 0 unspecified atom stereocenters. The van der Waals surface area contributed by atoms with Crippen LogP contribution in [0.3, 0.4) is 0 Å². The van der Waals surface area contributed by atoms with E-state index in [0.29, 0.717) is 6.04 Å². The van der Waals surface area contributed by atoms with Gasteiger partial charge in [-0.2, -0.15) is 0 Å². The predicted octanol–water partition coefficient (Wildman–Crippen LogP) is 2.29. The minimum Gasteiger partial charge on any atom is -0.367 e. The SMILES string of the molecule is CC(C)Nc1ccc(-c2cc[nH]c2)nn1. The molecular weight excluding hydrogens is 188 g/mol. The van der Waals surface area contributed by atoms with Crippen molar-refractivity contribution in [3.8, 4) is 11.3 Å². The van der Waals surface area contributed by atoms with Gasteiger partial charge in [0.2, 0.25) is 0 Å². The fourth-order valence-corrected chi connectivity index (χ4v) is 1.34. The first-order valence-corrected chi connectivity index (χ1v) is 4.99. The van der Waals surface area contributed by atoms with Crippen LogP contribution in [0.2, 0.25) is 0 Å². The highest BCUT2D eigenvalue weighted by Crippen LogP contribution is 2.15. The van der Waals surface area contributed by atoms with Crippen LogP contribution in [-0.4, -0.2) is 21.2 Å². The van der Waals surface area contributed by atoms with Crippen LogP contribution in [0.5, 0.6) is 0 Å². The summed E-state index contributed by atoms with van der Waals surface area (Å²) in [5, 5.41) is 11.4. The largest absolute Gasteiger partial charge is 0.367 e. The molecule has 0 radical (unpaired) electrons. The molecule has 2 rings (SSSR count). The number of anilines is 1. The van der Waals surface area contributed by atoms with E-state index in [9.17, 15) is 0 Å². The highest BCUT2D eigenvalue weighted by molar-refractivity contribution is 5.58. The van der Waals surface area contributed by atoms with Crippen molar-refractivity contribution in [2.45, 2.75) is 19.9 Å². The summed E-state index contributed by atoms with van der Waals surface area (Å²) in [7, 11) is 0. The molecule has 0 fully saturated rings. The van der Waals surface area contributed by atoms with Gasteiger partial charge in [-0.25, -0.2) is 0 Å². The quantitative estimate of drug-likeness (QED) is 0.802. The van der Waals surface area contributed by atoms with E-state index in [0.717, 1.165) is 17.1 Å². The lowest BCUT2D eigenvalue weighted by atomic mass is 10.2. The Kier molecular flexibility index (Phi) is 2.67. The monoisotopic (exact) mass is 202 g/mol. The van der Waals surface area contributed by atoms with Gasteiger partial charge in [0.05, 0.1) is 5.69 Å². The molecule has 0 aliphatic heterocycles. The van der Waals surface area contributed by atoms with Crippen LogP contribution in [0.25, 0.3) is 11.3 Å². The van der Waals surface area contributed by atoms with Crippen LogP contribution in [0.4, 0.5) is 5.82 Å². The summed E-state index contributed by atoms with van der Waals surface area (Å²) in [5.74, 6) is 0.810. The maximum Gasteiger partial charge on any atom is 0.148 e. The summed E-state index contributed by atoms with van der Waals surface area (Å²) in [6.45, 7) is 4.14. The zero-order chi connectivity index (χ0) is 10.7. The van der Waals surface area contributed by atoms with Crippen molar-refractivity contribution in [3.63, 3.8) is 0 Å². The standard InChI is InChI=1S/C11H14N4/c1-8(2)13-11-4-3-10(14-15-11)9-5-6-12-7-9/h3-8,12H,1-2H3,(H,13,15). The van der Waals surface area contributed by atoms with Gasteiger partial charge in [-0.3, -0.25) is 0 Å². The van der Waals surface area contributed by atoms with Crippen molar-refractivity contribution in [2.75, 3.05) is 5.32 Å². The maximum atomic E-state index is 4.14. The molecule has 0 saturated heterocycles. The van der Waals surface area contributed by atoms with Crippen LogP contribution in [0.15, 0.2) is 30.6 Å². The first-order valence-electron chi connectivity index (χ1n) is 4.99. The Balaban J connectivity index is 2.17. The molecule has 0 aliphatic carbocycles. The Bertz CT molecular complexity index is 403. The molecule has 2 aromatic rings. The third kappa shape index (κ3) is 2.34. The topological polar surface area (TPSA) is 53.6 Å². The molecule has 2 N–H and O–H groups in total. The Morgan fingerprint density at radius 2 is 2.07 bits per heavy atom. The molecule has 4 nitrogen and oxygen atoms in total. The van der Waals surface area contributed by atoms with E-state index in [2.05, 4.69) is 34.3 Å². The highest BCUT2D eigenvalue weighted by Gasteiger charge is 2.01. The molecular formula is C11H14N4. The average Bonchev–Trinajstić information content (AvgIpc) is 2.71. The molecule has 0 bridgehead atoms. The van der Waals surface area contributed by atoms with Crippen molar-refractivity contribution >= 4 is 5.82 Å². The third-order valence-electron chi connectivity index (χ3n) is 1.99. The number of hydrogen-bond acceptors (Lipinski definition) is 3. The minimum absolute atomic E-state index is 0.373. The molecule has 0 spiro atoms. The molecule has 0 aliphatic rings. The zero-order valence-corrected chi connectivity index (χ0v) is 8.86. The van der Waals surface area contributed by atoms with Gasteiger partial charge in [0.25, 0.3) is 0 Å². The van der Waals surface area contributed by atoms with E-state index in [-0.39, 0.29) is 0 Å². The van der Waals surface area contributed by atoms with Gasteiger partial charge < -0.3 is 10.3 Å². The summed E-state index contributed by atoms with van der Waals surface area (Å²) < 4.78 is 0. The maximum absolute atomic E-state index is 4.14. The van der Waals surface area contributed by atoms with Gasteiger partial charge in [0.1, 0.15) is 5.82 Å². The van der Waals surface area contributed by atoms with Crippen LogP contribution >= 0.6 is 0 Å². The molecule has 0 aromatic carbocycles. The first kappa shape index (κ1) is 9.71. The fourth-order valence-electron chi connectivity index (χ4n) is 1.34. The van der Waals surface area contributed by atoms with E-state index in [1.165, 1.54) is 0 Å². The lowest BCUT2D eigenvalue weighted by Crippen LogP contribution is -2.11.